The lowest BCUT2D eigenvalue weighted by molar-refractivity contribution is 0.278. The van der Waals surface area contributed by atoms with Gasteiger partial charge in [-0.2, -0.15) is 0 Å². The molecular weight excluding hydrogens is 272 g/mol. The summed E-state index contributed by atoms with van der Waals surface area (Å²) in [4.78, 5) is 0. The first-order valence-electron chi connectivity index (χ1n) is 8.72. The van der Waals surface area contributed by atoms with Gasteiger partial charge in [0.05, 0.1) is 0 Å². The van der Waals surface area contributed by atoms with Crippen molar-refractivity contribution in [3.8, 4) is 0 Å². The molecule has 3 aliphatic rings. The largest absolute Gasteiger partial charge is 0.417 e. The normalized spacial score (nSPS) is 33.9. The Kier molecular flexibility index (Phi) is 4.29. The Morgan fingerprint density at radius 3 is 2.71 bits per heavy atom. The molecule has 3 rings (SSSR count). The third-order valence-electron chi connectivity index (χ3n) is 5.10. The van der Waals surface area contributed by atoms with Crippen LogP contribution in [0.2, 0.25) is 19.6 Å². The Bertz CT molecular complexity index is 480. The van der Waals surface area contributed by atoms with E-state index in [1.807, 2.05) is 0 Å². The van der Waals surface area contributed by atoms with E-state index in [1.165, 1.54) is 25.7 Å². The summed E-state index contributed by atoms with van der Waals surface area (Å²) in [6, 6.07) is 0. The zero-order valence-electron chi connectivity index (χ0n) is 14.1. The summed E-state index contributed by atoms with van der Waals surface area (Å²) in [5.41, 5.74) is 3.40. The number of unbranched alkanes of at least 4 members (excludes halogenated alkanes) is 1. The zero-order chi connectivity index (χ0) is 15.0. The van der Waals surface area contributed by atoms with Crippen molar-refractivity contribution in [3.05, 3.63) is 35.5 Å². The molecule has 0 saturated carbocycles. The molecule has 0 heterocycles. The lowest BCUT2D eigenvalue weighted by Gasteiger charge is -2.30. The molecule has 0 aromatic carbocycles. The van der Waals surface area contributed by atoms with Gasteiger partial charge in [-0.05, 0) is 50.7 Å². The Hall–Kier alpha value is -0.603. The molecule has 21 heavy (non-hydrogen) atoms. The van der Waals surface area contributed by atoms with Crippen molar-refractivity contribution in [1.29, 1.82) is 0 Å². The van der Waals surface area contributed by atoms with Gasteiger partial charge in [-0.15, -0.1) is 0 Å². The molecule has 0 radical (unpaired) electrons. The summed E-state index contributed by atoms with van der Waals surface area (Å²) in [5, 5.41) is 0. The second-order valence-electron chi connectivity index (χ2n) is 7.97. The number of rotatable bonds is 6. The lowest BCUT2D eigenvalue weighted by atomic mass is 9.75. The highest BCUT2D eigenvalue weighted by molar-refractivity contribution is 6.69. The van der Waals surface area contributed by atoms with Crippen molar-refractivity contribution in [1.82, 2.24) is 0 Å². The van der Waals surface area contributed by atoms with Crippen LogP contribution in [0.15, 0.2) is 35.5 Å². The summed E-state index contributed by atoms with van der Waals surface area (Å²) in [7, 11) is -1.42. The summed E-state index contributed by atoms with van der Waals surface area (Å²) in [5.74, 6) is 2.74. The second-order valence-corrected chi connectivity index (χ2v) is 12.5. The van der Waals surface area contributed by atoms with Crippen molar-refractivity contribution < 1.29 is 4.43 Å². The smallest absolute Gasteiger partial charge is 0.183 e. The number of hydrogen-bond donors (Lipinski definition) is 0. The van der Waals surface area contributed by atoms with Gasteiger partial charge in [0, 0.05) is 18.4 Å². The highest BCUT2D eigenvalue weighted by atomic mass is 28.4. The first kappa shape index (κ1) is 15.3. The molecule has 1 nitrogen and oxygen atoms in total. The van der Waals surface area contributed by atoms with E-state index in [2.05, 4.69) is 50.9 Å². The highest BCUT2D eigenvalue weighted by Crippen LogP contribution is 2.51. The van der Waals surface area contributed by atoms with Gasteiger partial charge in [0.2, 0.25) is 0 Å². The third kappa shape index (κ3) is 3.27. The molecule has 0 aromatic heterocycles. The van der Waals surface area contributed by atoms with Crippen molar-refractivity contribution in [3.63, 3.8) is 0 Å². The number of fused-ring (bicyclic) bond motifs is 4. The molecule has 0 N–H and O–H groups in total. The maximum Gasteiger partial charge on any atom is 0.183 e. The Labute approximate surface area is 131 Å². The van der Waals surface area contributed by atoms with Crippen LogP contribution in [0, 0.1) is 23.7 Å². The van der Waals surface area contributed by atoms with E-state index < -0.39 is 8.32 Å². The molecule has 4 atom stereocenters. The molecule has 0 unspecified atom stereocenters. The van der Waals surface area contributed by atoms with Crippen LogP contribution < -0.4 is 0 Å². The van der Waals surface area contributed by atoms with E-state index in [9.17, 15) is 0 Å². The van der Waals surface area contributed by atoms with Crippen LogP contribution in [0.1, 0.15) is 32.6 Å². The van der Waals surface area contributed by atoms with E-state index >= 15 is 0 Å². The molecule has 2 bridgehead atoms. The van der Waals surface area contributed by atoms with Crippen molar-refractivity contribution >= 4 is 8.32 Å². The third-order valence-corrected chi connectivity index (χ3v) is 6.13. The topological polar surface area (TPSA) is 9.23 Å². The minimum atomic E-state index is -1.42. The average molecular weight is 303 g/mol. The fourth-order valence-corrected chi connectivity index (χ4v) is 4.81. The van der Waals surface area contributed by atoms with Gasteiger partial charge in [0.25, 0.3) is 0 Å². The summed E-state index contributed by atoms with van der Waals surface area (Å²) in [6.45, 7) is 10.1. The monoisotopic (exact) mass is 302 g/mol. The predicted octanol–water partition coefficient (Wildman–Crippen LogP) is 5.33. The molecule has 0 aromatic rings. The van der Waals surface area contributed by atoms with Crippen LogP contribution in [0.3, 0.4) is 0 Å². The van der Waals surface area contributed by atoms with Gasteiger partial charge < -0.3 is 4.43 Å². The van der Waals surface area contributed by atoms with Crippen LogP contribution in [-0.4, -0.2) is 14.9 Å². The molecule has 116 valence electrons. The Balaban J connectivity index is 1.78. The Morgan fingerprint density at radius 1 is 1.19 bits per heavy atom. The summed E-state index contributed by atoms with van der Waals surface area (Å²) >= 11 is 0. The molecular formula is C19H30OSi. The van der Waals surface area contributed by atoms with Crippen LogP contribution in [0.4, 0.5) is 0 Å². The van der Waals surface area contributed by atoms with Gasteiger partial charge in [-0.3, -0.25) is 0 Å². The summed E-state index contributed by atoms with van der Waals surface area (Å²) in [6.07, 6.45) is 15.3. The first-order valence-corrected chi connectivity index (χ1v) is 12.1. The molecule has 0 amide bonds. The van der Waals surface area contributed by atoms with Crippen molar-refractivity contribution in [2.75, 3.05) is 6.61 Å². The number of hydrogen-bond acceptors (Lipinski definition) is 1. The van der Waals surface area contributed by atoms with Gasteiger partial charge in [-0.25, -0.2) is 0 Å². The SMILES string of the molecule is CCCCC1=C[C@@H](CO[Si](C)(C)C)C2=C[C@H]3C=C[C@H](C3)[C@H]12. The Morgan fingerprint density at radius 2 is 2.00 bits per heavy atom. The quantitative estimate of drug-likeness (QED) is 0.476. The maximum absolute atomic E-state index is 6.24. The van der Waals surface area contributed by atoms with Gasteiger partial charge in [-0.1, -0.05) is 48.8 Å². The van der Waals surface area contributed by atoms with Crippen LogP contribution >= 0.6 is 0 Å². The van der Waals surface area contributed by atoms with Crippen molar-refractivity contribution in [2.45, 2.75) is 52.2 Å². The van der Waals surface area contributed by atoms with E-state index in [0.29, 0.717) is 17.8 Å². The minimum Gasteiger partial charge on any atom is -0.417 e. The van der Waals surface area contributed by atoms with Gasteiger partial charge in [0.15, 0.2) is 8.32 Å². The zero-order valence-corrected chi connectivity index (χ0v) is 15.1. The summed E-state index contributed by atoms with van der Waals surface area (Å²) < 4.78 is 6.24. The average Bonchev–Trinajstić information content (AvgIpc) is 2.96. The molecule has 0 fully saturated rings. The predicted molar refractivity (Wildman–Crippen MR) is 92.7 cm³/mol. The van der Waals surface area contributed by atoms with Crippen LogP contribution in [0.5, 0.6) is 0 Å². The molecule has 0 spiro atoms. The molecule has 0 aliphatic heterocycles. The molecule has 0 saturated heterocycles. The van der Waals surface area contributed by atoms with Crippen LogP contribution in [-0.2, 0) is 4.43 Å². The van der Waals surface area contributed by atoms with Crippen LogP contribution in [0.25, 0.3) is 0 Å². The first-order chi connectivity index (χ1) is 9.98. The second kappa shape index (κ2) is 5.89. The fraction of sp³-hybridized carbons (Fsp3) is 0.684. The maximum atomic E-state index is 6.24. The minimum absolute atomic E-state index is 0.554. The van der Waals surface area contributed by atoms with E-state index in [4.69, 9.17) is 4.43 Å². The fourth-order valence-electron chi connectivity index (χ4n) is 4.13. The van der Waals surface area contributed by atoms with E-state index in [0.717, 1.165) is 12.5 Å². The molecule has 2 heteroatoms. The van der Waals surface area contributed by atoms with Gasteiger partial charge in [0.1, 0.15) is 0 Å². The standard InChI is InChI=1S/C19H30OSi/c1-5-6-7-15-12-17(13-20-21(2,3)4)18-11-14-8-9-16(10-14)19(15)18/h8-9,11-12,14,16-17,19H,5-7,10,13H2,1-4H3/t14-,16+,17-,19-/m0/s1. The van der Waals surface area contributed by atoms with E-state index in [-0.39, 0.29) is 0 Å². The number of allylic oxidation sites excluding steroid dienone is 4. The van der Waals surface area contributed by atoms with Crippen molar-refractivity contribution in [2.24, 2.45) is 23.7 Å². The highest BCUT2D eigenvalue weighted by Gasteiger charge is 2.41. The van der Waals surface area contributed by atoms with E-state index in [1.54, 1.807) is 11.1 Å². The lowest BCUT2D eigenvalue weighted by Crippen LogP contribution is -2.29. The molecule has 3 aliphatic carbocycles. The van der Waals surface area contributed by atoms with Gasteiger partial charge >= 0.3 is 0 Å².